The Morgan fingerprint density at radius 1 is 0.720 bits per heavy atom. The molecule has 0 saturated heterocycles. The number of ether oxygens (including phenoxy) is 2. The van der Waals surface area contributed by atoms with Gasteiger partial charge < -0.3 is 14.6 Å². The molecule has 1 unspecified atom stereocenters. The van der Waals surface area contributed by atoms with Gasteiger partial charge in [-0.25, -0.2) is 0 Å². The summed E-state index contributed by atoms with van der Waals surface area (Å²) in [7, 11) is 0. The van der Waals surface area contributed by atoms with E-state index >= 15 is 0 Å². The second-order valence-electron chi connectivity index (χ2n) is 7.40. The molecule has 0 bridgehead atoms. The van der Waals surface area contributed by atoms with Crippen molar-refractivity contribution in [2.45, 2.75) is 51.0 Å². The number of rotatable bonds is 0. The Labute approximate surface area is 148 Å². The van der Waals surface area contributed by atoms with Crippen molar-refractivity contribution in [3.05, 3.63) is 57.6 Å². The van der Waals surface area contributed by atoms with E-state index in [-0.39, 0.29) is 6.10 Å². The lowest BCUT2D eigenvalue weighted by Gasteiger charge is -2.08. The van der Waals surface area contributed by atoms with Crippen LogP contribution in [0.2, 0.25) is 0 Å². The topological polar surface area (TPSA) is 38.7 Å². The fourth-order valence-electron chi connectivity index (χ4n) is 4.81. The largest absolute Gasteiger partial charge is 0.493 e. The summed E-state index contributed by atoms with van der Waals surface area (Å²) in [6, 6.07) is 8.52. The third-order valence-corrected chi connectivity index (χ3v) is 6.00. The monoisotopic (exact) mass is 336 g/mol. The number of aryl methyl sites for hydroxylation is 2. The van der Waals surface area contributed by atoms with E-state index in [9.17, 15) is 5.11 Å². The van der Waals surface area contributed by atoms with E-state index < -0.39 is 0 Å². The maximum atomic E-state index is 9.79. The molecule has 0 amide bonds. The van der Waals surface area contributed by atoms with Crippen molar-refractivity contribution in [2.24, 2.45) is 0 Å². The highest BCUT2D eigenvalue weighted by Crippen LogP contribution is 2.40. The molecule has 4 aliphatic rings. The summed E-state index contributed by atoms with van der Waals surface area (Å²) in [5, 5.41) is 9.79. The Bertz CT molecular complexity index is 792. The maximum absolute atomic E-state index is 9.79. The summed E-state index contributed by atoms with van der Waals surface area (Å²) >= 11 is 0. The lowest BCUT2D eigenvalue weighted by molar-refractivity contribution is 0.179. The molecule has 0 saturated carbocycles. The SMILES string of the molecule is OC1CCc2ccc3c(c21)CCO3.c1cc2c(c3c1CCC3)CCO2. The summed E-state index contributed by atoms with van der Waals surface area (Å²) in [6.07, 6.45) is 7.66. The predicted octanol–water partition coefficient (Wildman–Crippen LogP) is 3.71. The van der Waals surface area contributed by atoms with Crippen LogP contribution in [-0.4, -0.2) is 18.3 Å². The van der Waals surface area contributed by atoms with Gasteiger partial charge in [-0.1, -0.05) is 12.1 Å². The van der Waals surface area contributed by atoms with Crippen molar-refractivity contribution < 1.29 is 14.6 Å². The Hall–Kier alpha value is -2.00. The highest BCUT2D eigenvalue weighted by Gasteiger charge is 2.27. The van der Waals surface area contributed by atoms with E-state index in [2.05, 4.69) is 18.2 Å². The van der Waals surface area contributed by atoms with Gasteiger partial charge in [0.1, 0.15) is 11.5 Å². The maximum Gasteiger partial charge on any atom is 0.123 e. The molecular weight excluding hydrogens is 312 g/mol. The zero-order chi connectivity index (χ0) is 16.8. The molecule has 2 aromatic carbocycles. The second-order valence-corrected chi connectivity index (χ2v) is 7.40. The Morgan fingerprint density at radius 3 is 2.28 bits per heavy atom. The molecule has 0 fully saturated rings. The van der Waals surface area contributed by atoms with Gasteiger partial charge in [0.25, 0.3) is 0 Å². The minimum absolute atomic E-state index is 0.244. The fraction of sp³-hybridized carbons (Fsp3) is 0.455. The van der Waals surface area contributed by atoms with E-state index in [1.54, 1.807) is 11.1 Å². The van der Waals surface area contributed by atoms with Crippen LogP contribution in [0, 0.1) is 0 Å². The lowest BCUT2D eigenvalue weighted by Crippen LogP contribution is -1.95. The van der Waals surface area contributed by atoms with Crippen molar-refractivity contribution in [1.82, 2.24) is 0 Å². The summed E-state index contributed by atoms with van der Waals surface area (Å²) in [5.74, 6) is 2.13. The predicted molar refractivity (Wildman–Crippen MR) is 96.6 cm³/mol. The molecule has 2 heterocycles. The number of hydrogen-bond acceptors (Lipinski definition) is 3. The number of fused-ring (bicyclic) bond motifs is 6. The van der Waals surface area contributed by atoms with Crippen LogP contribution in [0.15, 0.2) is 24.3 Å². The van der Waals surface area contributed by atoms with Gasteiger partial charge in [-0.3, -0.25) is 0 Å². The standard InChI is InChI=1S/C11H12O2.C11H12O/c12-9-3-1-7-2-4-10-8(11(7)9)5-6-13-10;1-2-8-4-5-11-10(6-7-12-11)9(8)3-1/h2,4,9,12H,1,3,5-6H2;4-5H,1-3,6-7H2. The zero-order valence-corrected chi connectivity index (χ0v) is 14.5. The Kier molecular flexibility index (Phi) is 3.70. The van der Waals surface area contributed by atoms with Gasteiger partial charge in [0.15, 0.2) is 0 Å². The molecule has 2 aromatic rings. The fourth-order valence-corrected chi connectivity index (χ4v) is 4.81. The highest BCUT2D eigenvalue weighted by molar-refractivity contribution is 5.50. The molecule has 0 aromatic heterocycles. The second kappa shape index (κ2) is 6.06. The van der Waals surface area contributed by atoms with Gasteiger partial charge in [-0.2, -0.15) is 0 Å². The highest BCUT2D eigenvalue weighted by atomic mass is 16.5. The number of aliphatic hydroxyl groups excluding tert-OH is 1. The van der Waals surface area contributed by atoms with Gasteiger partial charge in [-0.05, 0) is 66.5 Å². The van der Waals surface area contributed by atoms with Crippen molar-refractivity contribution in [1.29, 1.82) is 0 Å². The smallest absolute Gasteiger partial charge is 0.123 e. The van der Waals surface area contributed by atoms with Crippen LogP contribution in [-0.2, 0) is 32.1 Å². The first kappa shape index (κ1) is 15.3. The minimum atomic E-state index is -0.244. The molecule has 3 nitrogen and oxygen atoms in total. The van der Waals surface area contributed by atoms with Gasteiger partial charge >= 0.3 is 0 Å². The summed E-state index contributed by atoms with van der Waals surface area (Å²) in [4.78, 5) is 0. The molecule has 1 N–H and O–H groups in total. The average Bonchev–Trinajstić information content (AvgIpc) is 3.40. The molecule has 0 radical (unpaired) electrons. The first-order valence-corrected chi connectivity index (χ1v) is 9.53. The molecular formula is C22H24O3. The molecule has 1 atom stereocenters. The van der Waals surface area contributed by atoms with Crippen molar-refractivity contribution >= 4 is 0 Å². The van der Waals surface area contributed by atoms with Crippen molar-refractivity contribution in [3.63, 3.8) is 0 Å². The van der Waals surface area contributed by atoms with E-state index in [4.69, 9.17) is 9.47 Å². The van der Waals surface area contributed by atoms with E-state index in [0.29, 0.717) is 0 Å². The summed E-state index contributed by atoms with van der Waals surface area (Å²) in [6.45, 7) is 1.67. The first-order valence-electron chi connectivity index (χ1n) is 9.53. The minimum Gasteiger partial charge on any atom is -0.493 e. The first-order chi connectivity index (χ1) is 12.3. The van der Waals surface area contributed by atoms with Crippen molar-refractivity contribution in [2.75, 3.05) is 13.2 Å². The normalized spacial score (nSPS) is 21.4. The van der Waals surface area contributed by atoms with Crippen LogP contribution in [0.3, 0.4) is 0 Å². The number of aliphatic hydroxyl groups is 1. The zero-order valence-electron chi connectivity index (χ0n) is 14.5. The van der Waals surface area contributed by atoms with E-state index in [1.165, 1.54) is 36.0 Å². The Morgan fingerprint density at radius 2 is 1.44 bits per heavy atom. The average molecular weight is 336 g/mol. The lowest BCUT2D eigenvalue weighted by atomic mass is 10.0. The van der Waals surface area contributed by atoms with Gasteiger partial charge in [0, 0.05) is 24.0 Å². The van der Waals surface area contributed by atoms with Crippen LogP contribution in [0.5, 0.6) is 11.5 Å². The molecule has 130 valence electrons. The number of hydrogen-bond donors (Lipinski definition) is 1. The number of benzene rings is 2. The van der Waals surface area contributed by atoms with Gasteiger partial charge in [0.05, 0.1) is 19.3 Å². The molecule has 2 aliphatic heterocycles. The molecule has 2 aliphatic carbocycles. The molecule has 0 spiro atoms. The third-order valence-electron chi connectivity index (χ3n) is 6.00. The molecule has 3 heteroatoms. The quantitative estimate of drug-likeness (QED) is 0.797. The van der Waals surface area contributed by atoms with Crippen LogP contribution in [0.1, 0.15) is 52.3 Å². The van der Waals surface area contributed by atoms with Crippen molar-refractivity contribution in [3.8, 4) is 11.5 Å². The summed E-state index contributed by atoms with van der Waals surface area (Å²) in [5.41, 5.74) is 8.41. The summed E-state index contributed by atoms with van der Waals surface area (Å²) < 4.78 is 11.0. The Balaban J connectivity index is 0.000000112. The van der Waals surface area contributed by atoms with E-state index in [1.807, 2.05) is 6.07 Å². The molecule has 25 heavy (non-hydrogen) atoms. The third kappa shape index (κ3) is 2.53. The van der Waals surface area contributed by atoms with Crippen LogP contribution >= 0.6 is 0 Å². The van der Waals surface area contributed by atoms with Crippen LogP contribution in [0.25, 0.3) is 0 Å². The molecule has 6 rings (SSSR count). The van der Waals surface area contributed by atoms with Gasteiger partial charge in [0.2, 0.25) is 0 Å². The van der Waals surface area contributed by atoms with Crippen LogP contribution in [0.4, 0.5) is 0 Å². The van der Waals surface area contributed by atoms with E-state index in [0.717, 1.165) is 56.0 Å². The van der Waals surface area contributed by atoms with Gasteiger partial charge in [-0.15, -0.1) is 0 Å². The van der Waals surface area contributed by atoms with Crippen LogP contribution < -0.4 is 9.47 Å².